The fraction of sp³-hybridized carbons (Fsp3) is 0.400. The second-order valence-electron chi connectivity index (χ2n) is 3.92. The van der Waals surface area contributed by atoms with Crippen molar-refractivity contribution in [1.82, 2.24) is 0 Å². The number of ether oxygens (including phenoxy) is 2. The number of hydrogen-bond acceptors (Lipinski definition) is 5. The number of halogens is 2. The molecule has 18 heavy (non-hydrogen) atoms. The fourth-order valence-corrected chi connectivity index (χ4v) is 2.55. The molecule has 1 atom stereocenters. The van der Waals surface area contributed by atoms with E-state index in [1.807, 2.05) is 0 Å². The van der Waals surface area contributed by atoms with E-state index in [0.29, 0.717) is 40.8 Å². The van der Waals surface area contributed by atoms with Crippen LogP contribution in [0.4, 0.5) is 0 Å². The minimum absolute atomic E-state index is 0. The van der Waals surface area contributed by atoms with E-state index in [9.17, 15) is 5.02 Å². The van der Waals surface area contributed by atoms with Crippen LogP contribution in [0.15, 0.2) is 6.07 Å². The Bertz CT molecular complexity index is 474. The molecule has 1 unspecified atom stereocenters. The second kappa shape index (κ2) is 5.15. The molecule has 0 spiro atoms. The Balaban J connectivity index is 0.00000120. The number of rotatable bonds is 1. The van der Waals surface area contributed by atoms with Gasteiger partial charge in [-0.25, -0.2) is 0 Å². The molecule has 0 amide bonds. The molecule has 0 aliphatic carbocycles. The molecule has 0 saturated carbocycles. The molecule has 1 aromatic rings. The summed E-state index contributed by atoms with van der Waals surface area (Å²) in [6.07, 6.45) is -0.400. The molecule has 0 aromatic heterocycles. The van der Waals surface area contributed by atoms with Gasteiger partial charge in [0.1, 0.15) is 13.2 Å². The zero-order chi connectivity index (χ0) is 12.0. The molecule has 0 radical (unpaired) electrons. The van der Waals surface area contributed by atoms with E-state index in [4.69, 9.17) is 31.5 Å². The van der Waals surface area contributed by atoms with Crippen molar-refractivity contribution in [3.8, 4) is 11.5 Å². The summed E-state index contributed by atoms with van der Waals surface area (Å²) in [6.45, 7) is 1.17. The highest BCUT2D eigenvalue weighted by Crippen LogP contribution is 2.40. The summed E-state index contributed by atoms with van der Waals surface area (Å²) in [5.41, 5.74) is 6.83. The normalized spacial score (nSPS) is 20.4. The van der Waals surface area contributed by atoms with Gasteiger partial charge in [0.15, 0.2) is 11.5 Å². The molecule has 2 heterocycles. The zero-order valence-electron chi connectivity index (χ0n) is 9.39. The lowest BCUT2D eigenvalue weighted by Crippen LogP contribution is -2.32. The summed E-state index contributed by atoms with van der Waals surface area (Å²) in [4.78, 5) is 0. The quantitative estimate of drug-likeness (QED) is 0.726. The van der Waals surface area contributed by atoms with Crippen LogP contribution >= 0.6 is 24.0 Å². The molecule has 8 heteroatoms. The van der Waals surface area contributed by atoms with Gasteiger partial charge in [0, 0.05) is 28.7 Å². The molecular weight excluding hydrogens is 280 g/mol. The summed E-state index contributed by atoms with van der Waals surface area (Å²) in [6, 6.07) is 1.68. The maximum atomic E-state index is 9.89. The van der Waals surface area contributed by atoms with Crippen LogP contribution in [0.5, 0.6) is 11.5 Å². The molecule has 3 rings (SSSR count). The van der Waals surface area contributed by atoms with Gasteiger partial charge in [-0.1, -0.05) is 11.6 Å². The number of hydrogen-bond donors (Lipinski definition) is 2. The summed E-state index contributed by atoms with van der Waals surface area (Å²) < 4.78 is 16.3. The third-order valence-corrected chi connectivity index (χ3v) is 3.25. The van der Waals surface area contributed by atoms with Crippen LogP contribution in [0.25, 0.3) is 0 Å². The number of fused-ring (bicyclic) bond motifs is 3. The third-order valence-electron chi connectivity index (χ3n) is 2.94. The molecule has 2 aliphatic heterocycles. The van der Waals surface area contributed by atoms with E-state index < -0.39 is 13.2 Å². The largest absolute Gasteiger partial charge is 0.496 e. The molecule has 0 saturated heterocycles. The Morgan fingerprint density at radius 2 is 2.17 bits per heavy atom. The predicted molar refractivity (Wildman–Crippen MR) is 70.2 cm³/mol. The lowest BCUT2D eigenvalue weighted by atomic mass is 9.78. The highest BCUT2D eigenvalue weighted by molar-refractivity contribution is 6.63. The van der Waals surface area contributed by atoms with Crippen molar-refractivity contribution in [2.75, 3.05) is 19.8 Å². The zero-order valence-corrected chi connectivity index (χ0v) is 11.0. The van der Waals surface area contributed by atoms with E-state index in [2.05, 4.69) is 0 Å². The Morgan fingerprint density at radius 1 is 1.44 bits per heavy atom. The van der Waals surface area contributed by atoms with Crippen molar-refractivity contribution in [1.29, 1.82) is 0 Å². The van der Waals surface area contributed by atoms with E-state index >= 15 is 0 Å². The van der Waals surface area contributed by atoms with Crippen molar-refractivity contribution in [2.24, 2.45) is 5.73 Å². The molecule has 1 aromatic carbocycles. The molecule has 98 valence electrons. The minimum atomic E-state index is -1.06. The van der Waals surface area contributed by atoms with Gasteiger partial charge in [-0.05, 0) is 0 Å². The van der Waals surface area contributed by atoms with Crippen LogP contribution in [0.3, 0.4) is 0 Å². The van der Waals surface area contributed by atoms with Crippen LogP contribution in [0.2, 0.25) is 5.02 Å². The lowest BCUT2D eigenvalue weighted by molar-refractivity contribution is 0.173. The highest BCUT2D eigenvalue weighted by Gasteiger charge is 2.41. The maximum Gasteiger partial charge on any atom is 0.496 e. The van der Waals surface area contributed by atoms with Crippen LogP contribution in [0.1, 0.15) is 11.7 Å². The average molecular weight is 292 g/mol. The van der Waals surface area contributed by atoms with E-state index in [-0.39, 0.29) is 19.0 Å². The maximum absolute atomic E-state index is 9.89. The Morgan fingerprint density at radius 3 is 2.89 bits per heavy atom. The molecule has 0 fully saturated rings. The van der Waals surface area contributed by atoms with Crippen molar-refractivity contribution < 1.29 is 19.2 Å². The average Bonchev–Trinajstić information content (AvgIpc) is 2.68. The standard InChI is InChI=1S/C10H11BClNO4.ClH/c12-5-3-6-10(16-2-1-15-6)9-8(5)7(4-13)17-11(9)14;/h3,7,14H,1-2,4,13H2;1H. The first kappa shape index (κ1) is 13.8. The van der Waals surface area contributed by atoms with Crippen LogP contribution < -0.4 is 20.7 Å². The monoisotopic (exact) mass is 291 g/mol. The fourth-order valence-electron chi connectivity index (χ4n) is 2.23. The van der Waals surface area contributed by atoms with E-state index in [1.165, 1.54) is 0 Å². The van der Waals surface area contributed by atoms with Gasteiger partial charge in [0.05, 0.1) is 6.10 Å². The predicted octanol–water partition coefficient (Wildman–Crippen LogP) is 0.250. The van der Waals surface area contributed by atoms with Crippen molar-refractivity contribution in [3.05, 3.63) is 16.7 Å². The summed E-state index contributed by atoms with van der Waals surface area (Å²) in [7, 11) is -1.06. The molecule has 2 aliphatic rings. The highest BCUT2D eigenvalue weighted by atomic mass is 35.5. The van der Waals surface area contributed by atoms with Crippen molar-refractivity contribution in [2.45, 2.75) is 6.10 Å². The molecule has 3 N–H and O–H groups in total. The van der Waals surface area contributed by atoms with Gasteiger partial charge in [-0.2, -0.15) is 0 Å². The first-order chi connectivity index (χ1) is 8.22. The van der Waals surface area contributed by atoms with Gasteiger partial charge in [0.2, 0.25) is 0 Å². The Hall–Kier alpha value is -0.655. The summed E-state index contributed by atoms with van der Waals surface area (Å²) in [5, 5.41) is 10.4. The molecular formula is C10H12BCl2NO4. The van der Waals surface area contributed by atoms with E-state index in [0.717, 1.165) is 0 Å². The Kier molecular flexibility index (Phi) is 3.94. The SMILES string of the molecule is Cl.NCC1OB(O)c2c3c(cc(Cl)c21)OCCO3. The number of nitrogens with two attached hydrogens (primary N) is 1. The summed E-state index contributed by atoms with van der Waals surface area (Å²) in [5.74, 6) is 1.06. The van der Waals surface area contributed by atoms with Gasteiger partial charge in [0.25, 0.3) is 0 Å². The molecule has 5 nitrogen and oxygen atoms in total. The van der Waals surface area contributed by atoms with Crippen LogP contribution in [-0.4, -0.2) is 31.9 Å². The van der Waals surface area contributed by atoms with Gasteiger partial charge < -0.3 is 24.9 Å². The molecule has 0 bridgehead atoms. The van der Waals surface area contributed by atoms with Gasteiger partial charge >= 0.3 is 7.12 Å². The lowest BCUT2D eigenvalue weighted by Gasteiger charge is -2.22. The number of benzene rings is 1. The summed E-state index contributed by atoms with van der Waals surface area (Å²) >= 11 is 6.16. The smallest absolute Gasteiger partial charge is 0.486 e. The first-order valence-electron chi connectivity index (χ1n) is 5.38. The second-order valence-corrected chi connectivity index (χ2v) is 4.33. The Labute approximate surface area is 116 Å². The first-order valence-corrected chi connectivity index (χ1v) is 5.75. The van der Waals surface area contributed by atoms with Crippen LogP contribution in [-0.2, 0) is 4.65 Å². The third kappa shape index (κ3) is 1.94. The van der Waals surface area contributed by atoms with Gasteiger partial charge in [-0.3, -0.25) is 0 Å². The van der Waals surface area contributed by atoms with Gasteiger partial charge in [-0.15, -0.1) is 12.4 Å². The van der Waals surface area contributed by atoms with E-state index in [1.54, 1.807) is 6.07 Å². The topological polar surface area (TPSA) is 73.9 Å². The van der Waals surface area contributed by atoms with Crippen molar-refractivity contribution >= 4 is 36.6 Å². The van der Waals surface area contributed by atoms with Crippen LogP contribution in [0, 0.1) is 0 Å². The van der Waals surface area contributed by atoms with Crippen molar-refractivity contribution in [3.63, 3.8) is 0 Å². The minimum Gasteiger partial charge on any atom is -0.486 e.